The summed E-state index contributed by atoms with van der Waals surface area (Å²) in [5.74, 6) is 1.13. The van der Waals surface area contributed by atoms with E-state index in [1.54, 1.807) is 42.9 Å². The van der Waals surface area contributed by atoms with Crippen molar-refractivity contribution < 1.29 is 9.18 Å². The fourth-order valence-electron chi connectivity index (χ4n) is 2.43. The number of nitrogens with two attached hydrogens (primary N) is 1. The molecule has 0 aliphatic rings. The second-order valence-corrected chi connectivity index (χ2v) is 5.75. The van der Waals surface area contributed by atoms with E-state index in [1.807, 2.05) is 6.92 Å². The van der Waals surface area contributed by atoms with E-state index in [4.69, 9.17) is 5.73 Å². The van der Waals surface area contributed by atoms with Gasteiger partial charge in [-0.2, -0.15) is 0 Å². The number of anilines is 4. The standard InChI is InChI=1S/C18H18FN7O/c1-11(12-2-4-13(19)5-3-12)23-15-8-14(24-18(20)27)9-16(25-15)26-17-10-21-6-7-22-17/h2-11H,1H3,(H5,20,22,23,24,25,26,27)/t11-/m0/s1. The maximum Gasteiger partial charge on any atom is 0.316 e. The number of halogens is 1. The molecule has 0 aliphatic heterocycles. The van der Waals surface area contributed by atoms with Gasteiger partial charge in [-0.3, -0.25) is 4.98 Å². The van der Waals surface area contributed by atoms with Crippen LogP contribution in [0.1, 0.15) is 18.5 Å². The third kappa shape index (κ3) is 5.11. The highest BCUT2D eigenvalue weighted by atomic mass is 19.1. The van der Waals surface area contributed by atoms with Crippen LogP contribution in [0, 0.1) is 5.82 Å². The molecule has 0 bridgehead atoms. The lowest BCUT2D eigenvalue weighted by Crippen LogP contribution is -2.19. The van der Waals surface area contributed by atoms with Crippen LogP contribution in [0.4, 0.5) is 32.3 Å². The molecule has 3 rings (SSSR count). The summed E-state index contributed by atoms with van der Waals surface area (Å²) < 4.78 is 13.1. The monoisotopic (exact) mass is 367 g/mol. The summed E-state index contributed by atoms with van der Waals surface area (Å²) in [6.45, 7) is 1.92. The van der Waals surface area contributed by atoms with Crippen molar-refractivity contribution in [1.29, 1.82) is 0 Å². The normalized spacial score (nSPS) is 11.5. The topological polar surface area (TPSA) is 118 Å². The Balaban J connectivity index is 1.85. The van der Waals surface area contributed by atoms with Crippen molar-refractivity contribution in [2.75, 3.05) is 16.0 Å². The molecule has 5 N–H and O–H groups in total. The van der Waals surface area contributed by atoms with Crippen LogP contribution < -0.4 is 21.7 Å². The quantitative estimate of drug-likeness (QED) is 0.530. The molecule has 0 saturated carbocycles. The largest absolute Gasteiger partial charge is 0.363 e. The molecule has 0 saturated heterocycles. The minimum atomic E-state index is -0.691. The zero-order chi connectivity index (χ0) is 19.2. The average molecular weight is 367 g/mol. The fourth-order valence-corrected chi connectivity index (χ4v) is 2.43. The fraction of sp³-hybridized carbons (Fsp3) is 0.111. The van der Waals surface area contributed by atoms with Crippen LogP contribution in [0.15, 0.2) is 55.0 Å². The van der Waals surface area contributed by atoms with Gasteiger partial charge in [-0.1, -0.05) is 12.1 Å². The second kappa shape index (κ2) is 8.09. The number of primary amides is 1. The number of hydrogen-bond acceptors (Lipinski definition) is 6. The molecule has 2 heterocycles. The first-order valence-corrected chi connectivity index (χ1v) is 8.13. The van der Waals surface area contributed by atoms with Crippen LogP contribution >= 0.6 is 0 Å². The maximum atomic E-state index is 13.1. The minimum Gasteiger partial charge on any atom is -0.363 e. The Hall–Kier alpha value is -3.75. The third-order valence-electron chi connectivity index (χ3n) is 3.65. The van der Waals surface area contributed by atoms with Gasteiger partial charge in [-0.05, 0) is 24.6 Å². The Labute approximate surface area is 155 Å². The molecule has 1 aromatic carbocycles. The van der Waals surface area contributed by atoms with E-state index < -0.39 is 6.03 Å². The lowest BCUT2D eigenvalue weighted by molar-refractivity contribution is 0.259. The SMILES string of the molecule is C[C@H](Nc1cc(NC(N)=O)cc(Nc2cnccn2)n1)c1ccc(F)cc1. The molecular formula is C18H18FN7O. The van der Waals surface area contributed by atoms with Crippen molar-refractivity contribution in [3.8, 4) is 0 Å². The molecule has 27 heavy (non-hydrogen) atoms. The lowest BCUT2D eigenvalue weighted by atomic mass is 10.1. The number of urea groups is 1. The van der Waals surface area contributed by atoms with Crippen molar-refractivity contribution >= 4 is 29.2 Å². The van der Waals surface area contributed by atoms with E-state index in [9.17, 15) is 9.18 Å². The molecule has 2 aromatic heterocycles. The number of nitrogens with one attached hydrogen (secondary N) is 3. The second-order valence-electron chi connectivity index (χ2n) is 5.75. The smallest absolute Gasteiger partial charge is 0.316 e. The summed E-state index contributed by atoms with van der Waals surface area (Å²) in [7, 11) is 0. The van der Waals surface area contributed by atoms with Crippen molar-refractivity contribution in [3.05, 3.63) is 66.4 Å². The van der Waals surface area contributed by atoms with Crippen LogP contribution in [-0.2, 0) is 0 Å². The van der Waals surface area contributed by atoms with Gasteiger partial charge in [0.2, 0.25) is 0 Å². The van der Waals surface area contributed by atoms with Crippen LogP contribution in [0.5, 0.6) is 0 Å². The summed E-state index contributed by atoms with van der Waals surface area (Å²) in [6, 6.07) is 8.60. The van der Waals surface area contributed by atoms with E-state index in [2.05, 4.69) is 30.9 Å². The summed E-state index contributed by atoms with van der Waals surface area (Å²) >= 11 is 0. The first-order valence-electron chi connectivity index (χ1n) is 8.13. The lowest BCUT2D eigenvalue weighted by Gasteiger charge is -2.17. The van der Waals surface area contributed by atoms with Gasteiger partial charge in [-0.15, -0.1) is 0 Å². The molecule has 3 aromatic rings. The molecule has 0 spiro atoms. The molecule has 8 nitrogen and oxygen atoms in total. The molecule has 1 atom stereocenters. The van der Waals surface area contributed by atoms with Crippen molar-refractivity contribution in [3.63, 3.8) is 0 Å². The predicted molar refractivity (Wildman–Crippen MR) is 101 cm³/mol. The summed E-state index contributed by atoms with van der Waals surface area (Å²) in [5, 5.41) is 8.75. The third-order valence-corrected chi connectivity index (χ3v) is 3.65. The molecule has 0 aliphatic carbocycles. The highest BCUT2D eigenvalue weighted by Crippen LogP contribution is 2.24. The van der Waals surface area contributed by atoms with Gasteiger partial charge in [0.15, 0.2) is 0 Å². The zero-order valence-electron chi connectivity index (χ0n) is 14.5. The molecule has 0 radical (unpaired) electrons. The summed E-state index contributed by atoms with van der Waals surface area (Å²) in [4.78, 5) is 23.8. The number of hydrogen-bond donors (Lipinski definition) is 4. The van der Waals surface area contributed by atoms with E-state index in [0.717, 1.165) is 5.56 Å². The van der Waals surface area contributed by atoms with Gasteiger partial charge in [-0.25, -0.2) is 19.2 Å². The maximum absolute atomic E-state index is 13.1. The van der Waals surface area contributed by atoms with Crippen LogP contribution in [0.2, 0.25) is 0 Å². The Kier molecular flexibility index (Phi) is 5.41. The number of carbonyl (C=O) groups is 1. The number of benzene rings is 1. The number of pyridine rings is 1. The first kappa shape index (κ1) is 18.1. The number of rotatable bonds is 6. The van der Waals surface area contributed by atoms with Gasteiger partial charge in [0.25, 0.3) is 0 Å². The van der Waals surface area contributed by atoms with E-state index in [1.165, 1.54) is 12.1 Å². The number of aromatic nitrogens is 3. The Morgan fingerprint density at radius 3 is 2.52 bits per heavy atom. The first-order chi connectivity index (χ1) is 13.0. The summed E-state index contributed by atoms with van der Waals surface area (Å²) in [6.07, 6.45) is 4.65. The highest BCUT2D eigenvalue weighted by Gasteiger charge is 2.10. The zero-order valence-corrected chi connectivity index (χ0v) is 14.5. The molecule has 0 unspecified atom stereocenters. The molecular weight excluding hydrogens is 349 g/mol. The minimum absolute atomic E-state index is 0.147. The van der Waals surface area contributed by atoms with Crippen LogP contribution in [0.25, 0.3) is 0 Å². The van der Waals surface area contributed by atoms with Gasteiger partial charge < -0.3 is 21.7 Å². The van der Waals surface area contributed by atoms with Gasteiger partial charge in [0.05, 0.1) is 6.20 Å². The Morgan fingerprint density at radius 2 is 1.85 bits per heavy atom. The molecule has 0 fully saturated rings. The van der Waals surface area contributed by atoms with Crippen molar-refractivity contribution in [1.82, 2.24) is 15.0 Å². The van der Waals surface area contributed by atoms with Crippen molar-refractivity contribution in [2.45, 2.75) is 13.0 Å². The van der Waals surface area contributed by atoms with Crippen LogP contribution in [0.3, 0.4) is 0 Å². The molecule has 2 amide bonds. The Bertz CT molecular complexity index is 919. The molecule has 138 valence electrons. The summed E-state index contributed by atoms with van der Waals surface area (Å²) in [5.41, 5.74) is 6.55. The van der Waals surface area contributed by atoms with E-state index >= 15 is 0 Å². The van der Waals surface area contributed by atoms with Crippen LogP contribution in [-0.4, -0.2) is 21.0 Å². The number of amides is 2. The number of nitrogens with zero attached hydrogens (tertiary/aromatic N) is 3. The van der Waals surface area contributed by atoms with E-state index in [0.29, 0.717) is 23.1 Å². The predicted octanol–water partition coefficient (Wildman–Crippen LogP) is 3.42. The van der Waals surface area contributed by atoms with Gasteiger partial charge in [0.1, 0.15) is 23.3 Å². The average Bonchev–Trinajstić information content (AvgIpc) is 2.62. The number of carbonyl (C=O) groups excluding carboxylic acids is 1. The molecule has 9 heteroatoms. The van der Waals surface area contributed by atoms with Crippen molar-refractivity contribution in [2.24, 2.45) is 5.73 Å². The highest BCUT2D eigenvalue weighted by molar-refractivity contribution is 5.89. The Morgan fingerprint density at radius 1 is 1.11 bits per heavy atom. The van der Waals surface area contributed by atoms with E-state index in [-0.39, 0.29) is 11.9 Å². The van der Waals surface area contributed by atoms with Gasteiger partial charge in [0, 0.05) is 36.3 Å². The van der Waals surface area contributed by atoms with Gasteiger partial charge >= 0.3 is 6.03 Å².